The highest BCUT2D eigenvalue weighted by atomic mass is 16.5. The summed E-state index contributed by atoms with van der Waals surface area (Å²) in [4.78, 5) is 16.9. The molecule has 0 saturated carbocycles. The fraction of sp³-hybridized carbons (Fsp3) is 0.381. The van der Waals surface area contributed by atoms with Crippen molar-refractivity contribution in [3.05, 3.63) is 65.7 Å². The standard InChI is InChI=1S/C21H25N3O2/c25-21(22-19-14-18-8-4-5-9-20(18)26-16-19)24-12-10-23(11-13-24)15-17-6-2-1-3-7-17/h1-9,19H,10-16H2,(H,22,25)/t19-/m0/s1. The highest BCUT2D eigenvalue weighted by Gasteiger charge is 2.25. The molecule has 5 nitrogen and oxygen atoms in total. The molecule has 0 radical (unpaired) electrons. The summed E-state index contributed by atoms with van der Waals surface area (Å²) in [6.45, 7) is 4.84. The van der Waals surface area contributed by atoms with E-state index >= 15 is 0 Å². The molecule has 0 unspecified atom stereocenters. The molecule has 0 aliphatic carbocycles. The van der Waals surface area contributed by atoms with Crippen LogP contribution in [0.2, 0.25) is 0 Å². The van der Waals surface area contributed by atoms with Gasteiger partial charge in [0.25, 0.3) is 0 Å². The summed E-state index contributed by atoms with van der Waals surface area (Å²) in [5.74, 6) is 0.938. The summed E-state index contributed by atoms with van der Waals surface area (Å²) in [7, 11) is 0. The number of piperazine rings is 1. The van der Waals surface area contributed by atoms with Crippen molar-refractivity contribution in [1.82, 2.24) is 15.1 Å². The van der Waals surface area contributed by atoms with Gasteiger partial charge in [-0.1, -0.05) is 48.5 Å². The summed E-state index contributed by atoms with van der Waals surface area (Å²) >= 11 is 0. The summed E-state index contributed by atoms with van der Waals surface area (Å²) in [6.07, 6.45) is 0.829. The van der Waals surface area contributed by atoms with Crippen molar-refractivity contribution in [1.29, 1.82) is 0 Å². The van der Waals surface area contributed by atoms with Crippen LogP contribution in [-0.2, 0) is 13.0 Å². The van der Waals surface area contributed by atoms with Gasteiger partial charge in [-0.15, -0.1) is 0 Å². The molecule has 1 atom stereocenters. The lowest BCUT2D eigenvalue weighted by Gasteiger charge is -2.36. The van der Waals surface area contributed by atoms with Gasteiger partial charge < -0.3 is 15.0 Å². The Balaban J connectivity index is 1.25. The van der Waals surface area contributed by atoms with Gasteiger partial charge in [-0.05, 0) is 23.6 Å². The fourth-order valence-corrected chi connectivity index (χ4v) is 3.64. The molecule has 26 heavy (non-hydrogen) atoms. The average molecular weight is 351 g/mol. The molecular weight excluding hydrogens is 326 g/mol. The molecule has 1 fully saturated rings. The van der Waals surface area contributed by atoms with Gasteiger partial charge in [0.05, 0.1) is 6.04 Å². The Morgan fingerprint density at radius 3 is 2.54 bits per heavy atom. The van der Waals surface area contributed by atoms with Gasteiger partial charge >= 0.3 is 6.03 Å². The van der Waals surface area contributed by atoms with E-state index in [9.17, 15) is 4.79 Å². The number of fused-ring (bicyclic) bond motifs is 1. The zero-order chi connectivity index (χ0) is 17.8. The van der Waals surface area contributed by atoms with E-state index < -0.39 is 0 Å². The van der Waals surface area contributed by atoms with Crippen molar-refractivity contribution in [3.63, 3.8) is 0 Å². The zero-order valence-corrected chi connectivity index (χ0v) is 14.9. The molecule has 136 valence electrons. The van der Waals surface area contributed by atoms with E-state index in [-0.39, 0.29) is 12.1 Å². The van der Waals surface area contributed by atoms with Crippen molar-refractivity contribution in [3.8, 4) is 5.75 Å². The van der Waals surface area contributed by atoms with E-state index in [0.29, 0.717) is 6.61 Å². The highest BCUT2D eigenvalue weighted by Crippen LogP contribution is 2.24. The Morgan fingerprint density at radius 2 is 1.73 bits per heavy atom. The van der Waals surface area contributed by atoms with Crippen molar-refractivity contribution < 1.29 is 9.53 Å². The van der Waals surface area contributed by atoms with Crippen LogP contribution in [0.1, 0.15) is 11.1 Å². The molecule has 0 aromatic heterocycles. The molecule has 1 saturated heterocycles. The third-order valence-corrected chi connectivity index (χ3v) is 5.12. The van der Waals surface area contributed by atoms with Crippen molar-refractivity contribution in [2.24, 2.45) is 0 Å². The van der Waals surface area contributed by atoms with Crippen molar-refractivity contribution in [2.45, 2.75) is 19.0 Å². The highest BCUT2D eigenvalue weighted by molar-refractivity contribution is 5.74. The van der Waals surface area contributed by atoms with E-state index in [0.717, 1.165) is 50.5 Å². The Bertz CT molecular complexity index is 742. The summed E-state index contributed by atoms with van der Waals surface area (Å²) in [5, 5.41) is 3.14. The number of carbonyl (C=O) groups excluding carboxylic acids is 1. The first-order chi connectivity index (χ1) is 12.8. The lowest BCUT2D eigenvalue weighted by atomic mass is 10.0. The predicted molar refractivity (Wildman–Crippen MR) is 101 cm³/mol. The van der Waals surface area contributed by atoms with Gasteiger partial charge in [-0.2, -0.15) is 0 Å². The second-order valence-corrected chi connectivity index (χ2v) is 7.02. The summed E-state index contributed by atoms with van der Waals surface area (Å²) < 4.78 is 5.77. The largest absolute Gasteiger partial charge is 0.491 e. The van der Waals surface area contributed by atoms with E-state index in [1.807, 2.05) is 29.2 Å². The second-order valence-electron chi connectivity index (χ2n) is 7.02. The number of hydrogen-bond acceptors (Lipinski definition) is 3. The van der Waals surface area contributed by atoms with Crippen LogP contribution in [0.15, 0.2) is 54.6 Å². The van der Waals surface area contributed by atoms with Crippen LogP contribution in [0, 0.1) is 0 Å². The minimum absolute atomic E-state index is 0.0253. The number of para-hydroxylation sites is 1. The quantitative estimate of drug-likeness (QED) is 0.924. The average Bonchev–Trinajstić information content (AvgIpc) is 2.69. The number of urea groups is 1. The van der Waals surface area contributed by atoms with E-state index in [4.69, 9.17) is 4.74 Å². The van der Waals surface area contributed by atoms with Crippen LogP contribution in [0.4, 0.5) is 4.79 Å². The first-order valence-electron chi connectivity index (χ1n) is 9.30. The molecule has 2 amide bonds. The molecular formula is C21H25N3O2. The number of ether oxygens (including phenoxy) is 1. The zero-order valence-electron chi connectivity index (χ0n) is 14.9. The minimum atomic E-state index is 0.0253. The maximum Gasteiger partial charge on any atom is 0.317 e. The van der Waals surface area contributed by atoms with Gasteiger partial charge in [0.15, 0.2) is 0 Å². The van der Waals surface area contributed by atoms with Gasteiger partial charge in [-0.3, -0.25) is 4.90 Å². The molecule has 0 spiro atoms. The molecule has 2 aliphatic heterocycles. The van der Waals surface area contributed by atoms with Crippen LogP contribution < -0.4 is 10.1 Å². The Morgan fingerprint density at radius 1 is 1.00 bits per heavy atom. The number of benzene rings is 2. The Labute approximate surface area is 154 Å². The van der Waals surface area contributed by atoms with E-state index in [1.54, 1.807) is 0 Å². The molecule has 2 aromatic carbocycles. The maximum atomic E-state index is 12.6. The second kappa shape index (κ2) is 7.79. The third-order valence-electron chi connectivity index (χ3n) is 5.12. The van der Waals surface area contributed by atoms with Gasteiger partial charge in [0.2, 0.25) is 0 Å². The maximum absolute atomic E-state index is 12.6. The monoisotopic (exact) mass is 351 g/mol. The minimum Gasteiger partial charge on any atom is -0.491 e. The topological polar surface area (TPSA) is 44.8 Å². The van der Waals surface area contributed by atoms with Crippen LogP contribution in [0.5, 0.6) is 5.75 Å². The molecule has 5 heteroatoms. The first kappa shape index (κ1) is 16.9. The number of amides is 2. The van der Waals surface area contributed by atoms with Gasteiger partial charge in [0, 0.05) is 32.7 Å². The smallest absolute Gasteiger partial charge is 0.317 e. The lowest BCUT2D eigenvalue weighted by Crippen LogP contribution is -2.54. The van der Waals surface area contributed by atoms with Crippen LogP contribution in [0.25, 0.3) is 0 Å². The van der Waals surface area contributed by atoms with Crippen molar-refractivity contribution >= 4 is 6.03 Å². The van der Waals surface area contributed by atoms with Crippen LogP contribution in [0.3, 0.4) is 0 Å². The third kappa shape index (κ3) is 3.99. The SMILES string of the molecule is O=C(N[C@@H]1COc2ccccc2C1)N1CCN(Cc2ccccc2)CC1. The molecule has 1 N–H and O–H groups in total. The molecule has 2 aromatic rings. The number of hydrogen-bond donors (Lipinski definition) is 1. The van der Waals surface area contributed by atoms with Gasteiger partial charge in [-0.25, -0.2) is 4.79 Å². The number of carbonyl (C=O) groups is 1. The summed E-state index contributed by atoms with van der Waals surface area (Å²) in [6, 6.07) is 18.6. The lowest BCUT2D eigenvalue weighted by molar-refractivity contribution is 0.129. The van der Waals surface area contributed by atoms with Gasteiger partial charge in [0.1, 0.15) is 12.4 Å². The Hall–Kier alpha value is -2.53. The molecule has 0 bridgehead atoms. The van der Waals surface area contributed by atoms with Crippen molar-refractivity contribution in [2.75, 3.05) is 32.8 Å². The van der Waals surface area contributed by atoms with E-state index in [2.05, 4.69) is 40.5 Å². The molecule has 4 rings (SSSR count). The van der Waals surface area contributed by atoms with E-state index in [1.165, 1.54) is 5.56 Å². The first-order valence-corrected chi connectivity index (χ1v) is 9.30. The number of nitrogens with one attached hydrogen (secondary N) is 1. The number of rotatable bonds is 3. The predicted octanol–water partition coefficient (Wildman–Crippen LogP) is 2.52. The number of nitrogens with zero attached hydrogens (tertiary/aromatic N) is 2. The molecule has 2 heterocycles. The normalized spacial score (nSPS) is 20.2. The fourth-order valence-electron chi connectivity index (χ4n) is 3.64. The van der Waals surface area contributed by atoms with Crippen LogP contribution in [-0.4, -0.2) is 54.7 Å². The summed E-state index contributed by atoms with van der Waals surface area (Å²) in [5.41, 5.74) is 2.49. The van der Waals surface area contributed by atoms with Crippen LogP contribution >= 0.6 is 0 Å². The molecule has 2 aliphatic rings. The Kier molecular flexibility index (Phi) is 5.07.